The summed E-state index contributed by atoms with van der Waals surface area (Å²) in [5.74, 6) is 0.0878. The molecule has 0 unspecified atom stereocenters. The average molecular weight is 219 g/mol. The molecule has 1 heterocycles. The summed E-state index contributed by atoms with van der Waals surface area (Å²) < 4.78 is 10.3. The fraction of sp³-hybridized carbons (Fsp3) is 0.333. The lowest BCUT2D eigenvalue weighted by atomic mass is 10.2. The Morgan fingerprint density at radius 1 is 1.50 bits per heavy atom. The molecule has 1 aromatic heterocycles. The second-order valence-corrected chi connectivity index (χ2v) is 3.56. The average Bonchev–Trinajstić information content (AvgIpc) is 2.59. The highest BCUT2D eigenvalue weighted by Gasteiger charge is 2.11. The van der Waals surface area contributed by atoms with Crippen LogP contribution in [0.1, 0.15) is 18.4 Å². The maximum atomic E-state index is 11.2. The monoisotopic (exact) mass is 219 g/mol. The minimum atomic E-state index is -0.314. The van der Waals surface area contributed by atoms with Gasteiger partial charge >= 0.3 is 5.97 Å². The van der Waals surface area contributed by atoms with Crippen LogP contribution in [0.5, 0.6) is 0 Å². The highest BCUT2D eigenvalue weighted by atomic mass is 16.5. The number of benzene rings is 1. The molecule has 4 heteroatoms. The van der Waals surface area contributed by atoms with Crippen LogP contribution in [0, 0.1) is 6.92 Å². The van der Waals surface area contributed by atoms with E-state index in [1.54, 1.807) is 6.92 Å². The zero-order valence-corrected chi connectivity index (χ0v) is 9.32. The molecule has 0 aliphatic carbocycles. The van der Waals surface area contributed by atoms with Crippen molar-refractivity contribution in [3.05, 3.63) is 29.7 Å². The number of oxazole rings is 1. The molecule has 0 amide bonds. The predicted molar refractivity (Wildman–Crippen MR) is 59.1 cm³/mol. The van der Waals surface area contributed by atoms with Gasteiger partial charge in [0.15, 0.2) is 5.58 Å². The minimum absolute atomic E-state index is 0.0849. The van der Waals surface area contributed by atoms with Crippen molar-refractivity contribution in [2.45, 2.75) is 20.3 Å². The zero-order chi connectivity index (χ0) is 11.5. The van der Waals surface area contributed by atoms with E-state index in [-0.39, 0.29) is 12.4 Å². The van der Waals surface area contributed by atoms with E-state index < -0.39 is 0 Å². The Morgan fingerprint density at radius 2 is 2.31 bits per heavy atom. The van der Waals surface area contributed by atoms with Gasteiger partial charge in [-0.25, -0.2) is 4.98 Å². The number of aryl methyl sites for hydroxylation is 1. The van der Waals surface area contributed by atoms with Crippen LogP contribution in [0.4, 0.5) is 0 Å². The third-order valence-electron chi connectivity index (χ3n) is 2.19. The third-order valence-corrected chi connectivity index (χ3v) is 2.19. The summed E-state index contributed by atoms with van der Waals surface area (Å²) >= 11 is 0. The first-order chi connectivity index (χ1) is 7.69. The van der Waals surface area contributed by atoms with Crippen molar-refractivity contribution in [3.8, 4) is 0 Å². The van der Waals surface area contributed by atoms with Gasteiger partial charge in [-0.15, -0.1) is 0 Å². The van der Waals surface area contributed by atoms with Crippen molar-refractivity contribution in [2.75, 3.05) is 6.61 Å². The van der Waals surface area contributed by atoms with E-state index in [4.69, 9.17) is 9.15 Å². The molecular formula is C12H13NO3. The largest absolute Gasteiger partial charge is 0.466 e. The van der Waals surface area contributed by atoms with Crippen LogP contribution in [-0.4, -0.2) is 17.6 Å². The summed E-state index contributed by atoms with van der Waals surface area (Å²) in [5, 5.41) is 0. The van der Waals surface area contributed by atoms with Gasteiger partial charge in [-0.2, -0.15) is 0 Å². The zero-order valence-electron chi connectivity index (χ0n) is 9.32. The van der Waals surface area contributed by atoms with Crippen molar-refractivity contribution >= 4 is 17.1 Å². The molecule has 0 bridgehead atoms. The van der Waals surface area contributed by atoms with Crippen molar-refractivity contribution in [2.24, 2.45) is 0 Å². The Morgan fingerprint density at radius 3 is 3.06 bits per heavy atom. The minimum Gasteiger partial charge on any atom is -0.466 e. The lowest BCUT2D eigenvalue weighted by Crippen LogP contribution is -2.07. The fourth-order valence-corrected chi connectivity index (χ4v) is 1.50. The van der Waals surface area contributed by atoms with E-state index in [0.29, 0.717) is 18.1 Å². The second kappa shape index (κ2) is 4.35. The van der Waals surface area contributed by atoms with Gasteiger partial charge in [0.05, 0.1) is 6.61 Å². The molecule has 0 aliphatic rings. The van der Waals surface area contributed by atoms with Gasteiger partial charge in [0.25, 0.3) is 0 Å². The summed E-state index contributed by atoms with van der Waals surface area (Å²) in [7, 11) is 0. The number of esters is 1. The molecule has 0 saturated heterocycles. The SMILES string of the molecule is CCOC(=O)Cc1nc2cc(C)ccc2o1. The molecule has 84 valence electrons. The van der Waals surface area contributed by atoms with Crippen LogP contribution >= 0.6 is 0 Å². The quantitative estimate of drug-likeness (QED) is 0.743. The Bertz CT molecular complexity index is 516. The van der Waals surface area contributed by atoms with E-state index in [2.05, 4.69) is 4.98 Å². The first-order valence-corrected chi connectivity index (χ1v) is 5.20. The number of carbonyl (C=O) groups is 1. The maximum Gasteiger partial charge on any atom is 0.315 e. The van der Waals surface area contributed by atoms with Crippen LogP contribution < -0.4 is 0 Å². The van der Waals surface area contributed by atoms with Crippen LogP contribution in [0.25, 0.3) is 11.1 Å². The molecular weight excluding hydrogens is 206 g/mol. The van der Waals surface area contributed by atoms with Crippen LogP contribution in [0.15, 0.2) is 22.6 Å². The number of ether oxygens (including phenoxy) is 1. The van der Waals surface area contributed by atoms with Gasteiger partial charge in [-0.3, -0.25) is 4.79 Å². The van der Waals surface area contributed by atoms with Gasteiger partial charge in [0.1, 0.15) is 11.9 Å². The van der Waals surface area contributed by atoms with Crippen molar-refractivity contribution in [1.29, 1.82) is 0 Å². The molecule has 2 rings (SSSR count). The van der Waals surface area contributed by atoms with E-state index in [1.807, 2.05) is 25.1 Å². The molecule has 16 heavy (non-hydrogen) atoms. The van der Waals surface area contributed by atoms with Gasteiger partial charge in [0.2, 0.25) is 5.89 Å². The Hall–Kier alpha value is -1.84. The molecule has 0 fully saturated rings. The van der Waals surface area contributed by atoms with E-state index in [9.17, 15) is 4.79 Å². The van der Waals surface area contributed by atoms with Crippen LogP contribution in [0.2, 0.25) is 0 Å². The molecule has 0 aliphatic heterocycles. The number of fused-ring (bicyclic) bond motifs is 1. The predicted octanol–water partition coefficient (Wildman–Crippen LogP) is 2.24. The number of hydrogen-bond acceptors (Lipinski definition) is 4. The molecule has 2 aromatic rings. The van der Waals surface area contributed by atoms with Gasteiger partial charge < -0.3 is 9.15 Å². The van der Waals surface area contributed by atoms with Crippen molar-refractivity contribution in [3.63, 3.8) is 0 Å². The van der Waals surface area contributed by atoms with E-state index >= 15 is 0 Å². The normalized spacial score (nSPS) is 10.6. The van der Waals surface area contributed by atoms with Crippen LogP contribution in [0.3, 0.4) is 0 Å². The summed E-state index contributed by atoms with van der Waals surface area (Å²) in [6.07, 6.45) is 0.0849. The molecule has 4 nitrogen and oxygen atoms in total. The van der Waals surface area contributed by atoms with Crippen molar-refractivity contribution < 1.29 is 13.9 Å². The molecule has 0 N–H and O–H groups in total. The molecule has 0 atom stereocenters. The Labute approximate surface area is 93.2 Å². The number of rotatable bonds is 3. The highest BCUT2D eigenvalue weighted by molar-refractivity contribution is 5.76. The smallest absolute Gasteiger partial charge is 0.315 e. The van der Waals surface area contributed by atoms with Gasteiger partial charge in [-0.05, 0) is 31.5 Å². The summed E-state index contributed by atoms with van der Waals surface area (Å²) in [6.45, 7) is 4.13. The lowest BCUT2D eigenvalue weighted by molar-refractivity contribution is -0.142. The van der Waals surface area contributed by atoms with Crippen molar-refractivity contribution in [1.82, 2.24) is 4.98 Å². The topological polar surface area (TPSA) is 52.3 Å². The maximum absolute atomic E-state index is 11.2. The Balaban J connectivity index is 2.23. The first kappa shape index (κ1) is 10.7. The molecule has 0 radical (unpaired) electrons. The third kappa shape index (κ3) is 2.21. The number of nitrogens with zero attached hydrogens (tertiary/aromatic N) is 1. The summed E-state index contributed by atoms with van der Waals surface area (Å²) in [5.41, 5.74) is 2.59. The number of aromatic nitrogens is 1. The Kier molecular flexibility index (Phi) is 2.90. The van der Waals surface area contributed by atoms with E-state index in [1.165, 1.54) is 0 Å². The number of carbonyl (C=O) groups excluding carboxylic acids is 1. The van der Waals surface area contributed by atoms with Gasteiger partial charge in [-0.1, -0.05) is 6.07 Å². The fourth-order valence-electron chi connectivity index (χ4n) is 1.50. The summed E-state index contributed by atoms with van der Waals surface area (Å²) in [6, 6.07) is 5.72. The number of hydrogen-bond donors (Lipinski definition) is 0. The van der Waals surface area contributed by atoms with Gasteiger partial charge in [0, 0.05) is 0 Å². The van der Waals surface area contributed by atoms with Crippen LogP contribution in [-0.2, 0) is 16.0 Å². The first-order valence-electron chi connectivity index (χ1n) is 5.20. The van der Waals surface area contributed by atoms with E-state index in [0.717, 1.165) is 11.1 Å². The molecule has 1 aromatic carbocycles. The highest BCUT2D eigenvalue weighted by Crippen LogP contribution is 2.17. The molecule has 0 saturated carbocycles. The summed E-state index contributed by atoms with van der Waals surface area (Å²) in [4.78, 5) is 15.5. The standard InChI is InChI=1S/C12H13NO3/c1-3-15-12(14)7-11-13-9-6-8(2)4-5-10(9)16-11/h4-6H,3,7H2,1-2H3. The molecule has 0 spiro atoms. The second-order valence-electron chi connectivity index (χ2n) is 3.56. The lowest BCUT2D eigenvalue weighted by Gasteiger charge is -1.96.